The Hall–Kier alpha value is -2.12. The quantitative estimate of drug-likeness (QED) is 0.190. The second-order valence-corrected chi connectivity index (χ2v) is 12.9. The third kappa shape index (κ3) is 3.81. The third-order valence-corrected chi connectivity index (χ3v) is 6.94. The standard InChI is InChI=1S/C30H25N.2ClH.Zr/c1-20-19-25-24(29(20)30(2,3)21-11-4-5-12-21)15-10-18-28(25)31-26-16-8-6-13-22(26)23-14-7-9-17-27(23)31;;;/h4-19H,1-3H3;2*1H;/q-2;;;+4/p-2. The van der Waals surface area contributed by atoms with Gasteiger partial charge in [0.2, 0.25) is 0 Å². The van der Waals surface area contributed by atoms with Gasteiger partial charge < -0.3 is 4.57 Å². The number of para-hydroxylation sites is 2. The Bertz CT molecular complexity index is 1530. The predicted molar refractivity (Wildman–Crippen MR) is 144 cm³/mol. The summed E-state index contributed by atoms with van der Waals surface area (Å²) >= 11 is -0.826. The van der Waals surface area contributed by atoms with Crippen molar-refractivity contribution in [3.8, 4) is 5.69 Å². The molecule has 168 valence electrons. The van der Waals surface area contributed by atoms with Gasteiger partial charge in [-0.1, -0.05) is 68.7 Å². The van der Waals surface area contributed by atoms with Gasteiger partial charge in [0.15, 0.2) is 0 Å². The van der Waals surface area contributed by atoms with E-state index >= 15 is 0 Å². The fraction of sp³-hybridized carbons (Fsp3) is 0.133. The normalized spacial score (nSPS) is 11.6. The van der Waals surface area contributed by atoms with Crippen molar-refractivity contribution in [2.45, 2.75) is 26.2 Å². The van der Waals surface area contributed by atoms with Crippen molar-refractivity contribution in [1.29, 1.82) is 0 Å². The van der Waals surface area contributed by atoms with Crippen LogP contribution in [-0.4, -0.2) is 4.57 Å². The van der Waals surface area contributed by atoms with Crippen LogP contribution in [0.15, 0.2) is 97.1 Å². The van der Waals surface area contributed by atoms with Gasteiger partial charge in [-0.3, -0.25) is 0 Å². The molecule has 0 aliphatic rings. The van der Waals surface area contributed by atoms with Crippen LogP contribution in [0.3, 0.4) is 0 Å². The van der Waals surface area contributed by atoms with Gasteiger partial charge >= 0.3 is 37.9 Å². The Labute approximate surface area is 219 Å². The van der Waals surface area contributed by atoms with Crippen LogP contribution in [0.1, 0.15) is 30.5 Å². The summed E-state index contributed by atoms with van der Waals surface area (Å²) in [4.78, 5) is 0. The molecule has 6 aromatic rings. The summed E-state index contributed by atoms with van der Waals surface area (Å²) in [6, 6.07) is 35.4. The number of hydrogen-bond acceptors (Lipinski definition) is 0. The number of aryl methyl sites for hydroxylation is 1. The van der Waals surface area contributed by atoms with Crippen molar-refractivity contribution in [2.24, 2.45) is 0 Å². The van der Waals surface area contributed by atoms with Crippen LogP contribution >= 0.6 is 17.0 Å². The van der Waals surface area contributed by atoms with Crippen molar-refractivity contribution in [2.75, 3.05) is 0 Å². The first-order chi connectivity index (χ1) is 16.5. The minimum atomic E-state index is -0.826. The van der Waals surface area contributed by atoms with Gasteiger partial charge in [-0.05, 0) is 12.1 Å². The second-order valence-electron chi connectivity index (χ2n) is 9.18. The van der Waals surface area contributed by atoms with Gasteiger partial charge in [0.1, 0.15) is 0 Å². The van der Waals surface area contributed by atoms with Crippen molar-refractivity contribution in [3.05, 3.63) is 114 Å². The SMILES string of the molecule is Cc1cc2c(-n3c4ccccc4c4ccccc43)cccc2[c-]1C(C)(C)[c-]1cccc1.[Cl][Zr+2][Cl]. The van der Waals surface area contributed by atoms with Crippen molar-refractivity contribution < 1.29 is 20.8 Å². The van der Waals surface area contributed by atoms with E-state index in [9.17, 15) is 0 Å². The molecule has 34 heavy (non-hydrogen) atoms. The number of benzene rings is 3. The van der Waals surface area contributed by atoms with E-state index in [0.717, 1.165) is 0 Å². The molecule has 5 aromatic carbocycles. The molecule has 0 unspecified atom stereocenters. The van der Waals surface area contributed by atoms with Crippen LogP contribution < -0.4 is 0 Å². The number of fused-ring (bicyclic) bond motifs is 4. The minimum absolute atomic E-state index is 0.0468. The maximum atomic E-state index is 4.93. The molecule has 0 saturated carbocycles. The van der Waals surface area contributed by atoms with E-state index in [2.05, 4.69) is 122 Å². The van der Waals surface area contributed by atoms with Crippen molar-refractivity contribution in [3.63, 3.8) is 0 Å². The first-order valence-corrected chi connectivity index (χ1v) is 17.7. The van der Waals surface area contributed by atoms with E-state index in [1.807, 2.05) is 0 Å². The van der Waals surface area contributed by atoms with Gasteiger partial charge in [0.05, 0.1) is 11.0 Å². The molecule has 0 saturated heterocycles. The van der Waals surface area contributed by atoms with E-state index in [-0.39, 0.29) is 5.41 Å². The molecule has 0 aliphatic carbocycles. The van der Waals surface area contributed by atoms with Crippen molar-refractivity contribution in [1.82, 2.24) is 4.57 Å². The number of hydrogen-bond donors (Lipinski definition) is 0. The van der Waals surface area contributed by atoms with E-state index in [1.165, 1.54) is 55.0 Å². The van der Waals surface area contributed by atoms with E-state index < -0.39 is 20.8 Å². The summed E-state index contributed by atoms with van der Waals surface area (Å²) in [5, 5.41) is 5.27. The molecule has 0 fully saturated rings. The second kappa shape index (κ2) is 9.50. The molecule has 1 nitrogen and oxygen atoms in total. The molecule has 1 aromatic heterocycles. The Balaban J connectivity index is 0.000000764. The molecule has 0 radical (unpaired) electrons. The molecule has 0 aliphatic heterocycles. The molecule has 0 spiro atoms. The summed E-state index contributed by atoms with van der Waals surface area (Å²) in [6.07, 6.45) is 0. The maximum absolute atomic E-state index is 4.93. The zero-order valence-corrected chi connectivity index (χ0v) is 23.4. The summed E-state index contributed by atoms with van der Waals surface area (Å²) in [7, 11) is 9.87. The molecule has 0 bridgehead atoms. The predicted octanol–water partition coefficient (Wildman–Crippen LogP) is 9.39. The van der Waals surface area contributed by atoms with Crippen LogP contribution in [0.4, 0.5) is 0 Å². The Kier molecular flexibility index (Phi) is 6.60. The van der Waals surface area contributed by atoms with E-state index in [1.54, 1.807) is 0 Å². The number of rotatable bonds is 3. The van der Waals surface area contributed by atoms with Crippen LogP contribution in [-0.2, 0) is 26.3 Å². The number of aromatic nitrogens is 1. The average Bonchev–Trinajstić information content (AvgIpc) is 3.56. The molecule has 0 amide bonds. The molecular formula is C30H25Cl2NZr. The van der Waals surface area contributed by atoms with E-state index in [0.29, 0.717) is 0 Å². The molecule has 1 heterocycles. The first-order valence-electron chi connectivity index (χ1n) is 11.4. The third-order valence-electron chi connectivity index (χ3n) is 6.94. The van der Waals surface area contributed by atoms with Gasteiger partial charge in [0.25, 0.3) is 0 Å². The van der Waals surface area contributed by atoms with Gasteiger partial charge in [-0.15, -0.1) is 34.0 Å². The number of halogens is 2. The Morgan fingerprint density at radius 1 is 0.735 bits per heavy atom. The summed E-state index contributed by atoms with van der Waals surface area (Å²) in [5.41, 5.74) is 7.87. The topological polar surface area (TPSA) is 4.93 Å². The molecule has 6 rings (SSSR count). The fourth-order valence-corrected chi connectivity index (χ4v) is 5.57. The van der Waals surface area contributed by atoms with E-state index in [4.69, 9.17) is 17.0 Å². The fourth-order valence-electron chi connectivity index (χ4n) is 5.57. The average molecular weight is 562 g/mol. The molecule has 0 atom stereocenters. The summed E-state index contributed by atoms with van der Waals surface area (Å²) < 4.78 is 2.44. The molecular weight excluding hydrogens is 536 g/mol. The number of nitrogens with zero attached hydrogens (tertiary/aromatic N) is 1. The summed E-state index contributed by atoms with van der Waals surface area (Å²) in [5.74, 6) is 0. The van der Waals surface area contributed by atoms with Crippen LogP contribution in [0, 0.1) is 6.92 Å². The van der Waals surface area contributed by atoms with Crippen LogP contribution in [0.2, 0.25) is 0 Å². The Morgan fingerprint density at radius 2 is 1.29 bits per heavy atom. The van der Waals surface area contributed by atoms with Gasteiger partial charge in [-0.2, -0.15) is 23.8 Å². The van der Waals surface area contributed by atoms with Gasteiger partial charge in [-0.25, -0.2) is 12.1 Å². The van der Waals surface area contributed by atoms with Crippen LogP contribution in [0.25, 0.3) is 38.3 Å². The zero-order chi connectivity index (χ0) is 23.9. The first kappa shape index (κ1) is 23.6. The summed E-state index contributed by atoms with van der Waals surface area (Å²) in [6.45, 7) is 6.95. The molecule has 4 heteroatoms. The Morgan fingerprint density at radius 3 is 1.88 bits per heavy atom. The molecule has 0 N–H and O–H groups in total. The van der Waals surface area contributed by atoms with Gasteiger partial charge in [0, 0.05) is 16.5 Å². The monoisotopic (exact) mass is 559 g/mol. The van der Waals surface area contributed by atoms with Crippen LogP contribution in [0.5, 0.6) is 0 Å². The zero-order valence-electron chi connectivity index (χ0n) is 19.4. The van der Waals surface area contributed by atoms with Crippen molar-refractivity contribution >= 4 is 49.6 Å².